The minimum atomic E-state index is 0.0981. The number of rotatable bonds is 4. The van der Waals surface area contributed by atoms with E-state index in [0.717, 1.165) is 25.4 Å². The average molecular weight is 244 g/mol. The first-order valence-electron chi connectivity index (χ1n) is 6.11. The van der Waals surface area contributed by atoms with Crippen LogP contribution in [-0.4, -0.2) is 48.5 Å². The molecule has 1 amide bonds. The summed E-state index contributed by atoms with van der Waals surface area (Å²) in [5.74, 6) is 2.14. The van der Waals surface area contributed by atoms with Gasteiger partial charge in [0.2, 0.25) is 5.91 Å². The third kappa shape index (κ3) is 3.67. The largest absolute Gasteiger partial charge is 0.340 e. The number of nitrogens with zero attached hydrogens (tertiary/aromatic N) is 1. The Balaban J connectivity index is 2.49. The Morgan fingerprint density at radius 1 is 1.50 bits per heavy atom. The molecule has 94 valence electrons. The lowest BCUT2D eigenvalue weighted by Crippen LogP contribution is -2.46. The summed E-state index contributed by atoms with van der Waals surface area (Å²) in [4.78, 5) is 14.2. The maximum absolute atomic E-state index is 12.1. The van der Waals surface area contributed by atoms with Gasteiger partial charge in [-0.1, -0.05) is 20.8 Å². The second kappa shape index (κ2) is 6.50. The number of carbonyl (C=O) groups excluding carboxylic acids is 1. The molecule has 0 saturated carbocycles. The van der Waals surface area contributed by atoms with Crippen LogP contribution in [0.5, 0.6) is 0 Å². The van der Waals surface area contributed by atoms with E-state index in [2.05, 4.69) is 19.2 Å². The number of nitrogens with one attached hydrogen (secondary N) is 1. The van der Waals surface area contributed by atoms with Crippen LogP contribution in [0, 0.1) is 11.8 Å². The van der Waals surface area contributed by atoms with Crippen LogP contribution in [0.1, 0.15) is 20.8 Å². The third-order valence-electron chi connectivity index (χ3n) is 3.08. The molecular formula is C12H24N2OS. The molecular weight excluding hydrogens is 220 g/mol. The minimum absolute atomic E-state index is 0.0981. The first-order valence-corrected chi connectivity index (χ1v) is 7.16. The quantitative estimate of drug-likeness (QED) is 0.812. The van der Waals surface area contributed by atoms with E-state index < -0.39 is 0 Å². The highest BCUT2D eigenvalue weighted by atomic mass is 32.2. The molecule has 0 aromatic rings. The van der Waals surface area contributed by atoms with Gasteiger partial charge in [0.05, 0.1) is 0 Å². The van der Waals surface area contributed by atoms with E-state index in [0.29, 0.717) is 17.1 Å². The van der Waals surface area contributed by atoms with Crippen molar-refractivity contribution in [3.63, 3.8) is 0 Å². The lowest BCUT2D eigenvalue weighted by Gasteiger charge is -2.35. The fourth-order valence-electron chi connectivity index (χ4n) is 1.98. The second-order valence-corrected chi connectivity index (χ2v) is 6.24. The summed E-state index contributed by atoms with van der Waals surface area (Å²) in [6.07, 6.45) is 0. The van der Waals surface area contributed by atoms with Gasteiger partial charge in [-0.3, -0.25) is 4.79 Å². The predicted molar refractivity (Wildman–Crippen MR) is 70.8 cm³/mol. The summed E-state index contributed by atoms with van der Waals surface area (Å²) >= 11 is 2.01. The van der Waals surface area contributed by atoms with E-state index in [-0.39, 0.29) is 5.92 Å². The molecule has 0 aromatic carbocycles. The molecule has 1 aliphatic heterocycles. The highest BCUT2D eigenvalue weighted by molar-refractivity contribution is 8.00. The van der Waals surface area contributed by atoms with Gasteiger partial charge in [0, 0.05) is 36.6 Å². The van der Waals surface area contributed by atoms with E-state index >= 15 is 0 Å². The van der Waals surface area contributed by atoms with Crippen LogP contribution in [0.2, 0.25) is 0 Å². The normalized spacial score (nSPS) is 23.6. The summed E-state index contributed by atoms with van der Waals surface area (Å²) in [6.45, 7) is 9.10. The molecule has 1 heterocycles. The average Bonchev–Trinajstić information content (AvgIpc) is 2.28. The first-order chi connectivity index (χ1) is 7.56. The zero-order chi connectivity index (χ0) is 12.1. The van der Waals surface area contributed by atoms with Gasteiger partial charge in [-0.15, -0.1) is 0 Å². The van der Waals surface area contributed by atoms with Crippen molar-refractivity contribution in [2.45, 2.75) is 26.0 Å². The first kappa shape index (κ1) is 13.8. The lowest BCUT2D eigenvalue weighted by molar-refractivity contribution is -0.134. The van der Waals surface area contributed by atoms with Gasteiger partial charge in [-0.2, -0.15) is 11.8 Å². The van der Waals surface area contributed by atoms with Crippen LogP contribution in [0.25, 0.3) is 0 Å². The molecule has 3 nitrogen and oxygen atoms in total. The second-order valence-electron chi connectivity index (χ2n) is 4.90. The summed E-state index contributed by atoms with van der Waals surface area (Å²) in [7, 11) is 1.90. The molecule has 0 bridgehead atoms. The van der Waals surface area contributed by atoms with Crippen LogP contribution in [0.4, 0.5) is 0 Å². The molecule has 2 unspecified atom stereocenters. The van der Waals surface area contributed by atoms with Gasteiger partial charge < -0.3 is 10.2 Å². The molecule has 1 N–H and O–H groups in total. The zero-order valence-electron chi connectivity index (χ0n) is 10.8. The van der Waals surface area contributed by atoms with E-state index in [1.165, 1.54) is 0 Å². The van der Waals surface area contributed by atoms with Gasteiger partial charge in [0.15, 0.2) is 0 Å². The third-order valence-corrected chi connectivity index (χ3v) is 4.62. The van der Waals surface area contributed by atoms with Crippen molar-refractivity contribution in [2.24, 2.45) is 11.8 Å². The standard InChI is InChI=1S/C12H24N2OS/c1-9(2)11-8-14(5-6-16-11)12(15)10(3)7-13-4/h9-11,13H,5-8H2,1-4H3. The van der Waals surface area contributed by atoms with Crippen LogP contribution in [0.3, 0.4) is 0 Å². The molecule has 4 heteroatoms. The summed E-state index contributed by atoms with van der Waals surface area (Å²) in [5.41, 5.74) is 0. The van der Waals surface area contributed by atoms with Crippen molar-refractivity contribution in [3.8, 4) is 0 Å². The molecule has 1 aliphatic rings. The maximum atomic E-state index is 12.1. The Hall–Kier alpha value is -0.220. The highest BCUT2D eigenvalue weighted by Gasteiger charge is 2.28. The van der Waals surface area contributed by atoms with Crippen molar-refractivity contribution in [2.75, 3.05) is 32.4 Å². The molecule has 0 aliphatic carbocycles. The Bertz CT molecular complexity index is 233. The molecule has 2 atom stereocenters. The van der Waals surface area contributed by atoms with E-state index in [4.69, 9.17) is 0 Å². The fourth-order valence-corrected chi connectivity index (χ4v) is 3.28. The van der Waals surface area contributed by atoms with Crippen molar-refractivity contribution >= 4 is 17.7 Å². The molecule has 1 rings (SSSR count). The lowest BCUT2D eigenvalue weighted by atomic mass is 10.1. The molecule has 1 fully saturated rings. The van der Waals surface area contributed by atoms with Crippen LogP contribution in [0.15, 0.2) is 0 Å². The number of carbonyl (C=O) groups is 1. The fraction of sp³-hybridized carbons (Fsp3) is 0.917. The predicted octanol–water partition coefficient (Wildman–Crippen LogP) is 1.44. The molecule has 16 heavy (non-hydrogen) atoms. The van der Waals surface area contributed by atoms with Gasteiger partial charge in [-0.25, -0.2) is 0 Å². The van der Waals surface area contributed by atoms with Crippen LogP contribution in [-0.2, 0) is 4.79 Å². The van der Waals surface area contributed by atoms with E-state index in [1.54, 1.807) is 0 Å². The van der Waals surface area contributed by atoms with Gasteiger partial charge in [0.25, 0.3) is 0 Å². The Labute approximate surface area is 103 Å². The van der Waals surface area contributed by atoms with E-state index in [9.17, 15) is 4.79 Å². The summed E-state index contributed by atoms with van der Waals surface area (Å²) in [5, 5.41) is 3.68. The molecule has 1 saturated heterocycles. The number of hydrogen-bond acceptors (Lipinski definition) is 3. The topological polar surface area (TPSA) is 32.3 Å². The monoisotopic (exact) mass is 244 g/mol. The molecule has 0 spiro atoms. The Morgan fingerprint density at radius 3 is 2.75 bits per heavy atom. The summed E-state index contributed by atoms with van der Waals surface area (Å²) in [6, 6.07) is 0. The summed E-state index contributed by atoms with van der Waals surface area (Å²) < 4.78 is 0. The smallest absolute Gasteiger partial charge is 0.226 e. The van der Waals surface area contributed by atoms with Crippen molar-refractivity contribution in [1.82, 2.24) is 10.2 Å². The van der Waals surface area contributed by atoms with Crippen molar-refractivity contribution < 1.29 is 4.79 Å². The minimum Gasteiger partial charge on any atom is -0.340 e. The number of amides is 1. The van der Waals surface area contributed by atoms with Crippen molar-refractivity contribution in [1.29, 1.82) is 0 Å². The van der Waals surface area contributed by atoms with E-state index in [1.807, 2.05) is 30.6 Å². The number of thioether (sulfide) groups is 1. The molecule has 0 aromatic heterocycles. The van der Waals surface area contributed by atoms with Crippen molar-refractivity contribution in [3.05, 3.63) is 0 Å². The van der Waals surface area contributed by atoms with Gasteiger partial charge in [-0.05, 0) is 13.0 Å². The van der Waals surface area contributed by atoms with Gasteiger partial charge in [0.1, 0.15) is 0 Å². The van der Waals surface area contributed by atoms with Crippen LogP contribution < -0.4 is 5.32 Å². The number of hydrogen-bond donors (Lipinski definition) is 1. The van der Waals surface area contributed by atoms with Gasteiger partial charge >= 0.3 is 0 Å². The highest BCUT2D eigenvalue weighted by Crippen LogP contribution is 2.25. The zero-order valence-corrected chi connectivity index (χ0v) is 11.6. The Kier molecular flexibility index (Phi) is 5.62. The SMILES string of the molecule is CNCC(C)C(=O)N1CCSC(C(C)C)C1. The maximum Gasteiger partial charge on any atom is 0.226 e. The Morgan fingerprint density at radius 2 is 2.19 bits per heavy atom. The van der Waals surface area contributed by atoms with Crippen LogP contribution >= 0.6 is 11.8 Å². The molecule has 0 radical (unpaired) electrons.